The standard InChI is InChI=1S/C21H42N4O3/c1-5-19(6-2)20(24-9-11-27-12-10-24)15-23-21(22-3)25-8-7-18(16-25)17-28-14-13-26-4/h18-20H,5-17H2,1-4H3,(H,22,23). The Hall–Kier alpha value is -0.890. The monoisotopic (exact) mass is 398 g/mol. The average Bonchev–Trinajstić information content (AvgIpc) is 3.20. The predicted octanol–water partition coefficient (Wildman–Crippen LogP) is 1.68. The first kappa shape index (κ1) is 23.4. The van der Waals surface area contributed by atoms with Crippen LogP contribution in [0.2, 0.25) is 0 Å². The Balaban J connectivity index is 1.84. The summed E-state index contributed by atoms with van der Waals surface area (Å²) in [6.07, 6.45) is 3.58. The molecule has 28 heavy (non-hydrogen) atoms. The zero-order chi connectivity index (χ0) is 20.2. The lowest BCUT2D eigenvalue weighted by Gasteiger charge is -2.39. The number of aliphatic imine (C=N–C) groups is 1. The fourth-order valence-corrected chi connectivity index (χ4v) is 4.42. The van der Waals surface area contributed by atoms with E-state index in [0.29, 0.717) is 31.1 Å². The molecule has 2 fully saturated rings. The van der Waals surface area contributed by atoms with Gasteiger partial charge in [-0.05, 0) is 12.3 Å². The highest BCUT2D eigenvalue weighted by Crippen LogP contribution is 2.20. The smallest absolute Gasteiger partial charge is 0.193 e. The van der Waals surface area contributed by atoms with Gasteiger partial charge in [-0.15, -0.1) is 0 Å². The molecule has 0 spiro atoms. The second kappa shape index (κ2) is 13.4. The van der Waals surface area contributed by atoms with E-state index in [4.69, 9.17) is 14.2 Å². The largest absolute Gasteiger partial charge is 0.382 e. The van der Waals surface area contributed by atoms with Gasteiger partial charge in [-0.2, -0.15) is 0 Å². The second-order valence-electron chi connectivity index (χ2n) is 7.89. The number of morpholine rings is 1. The Kier molecular flexibility index (Phi) is 11.2. The molecule has 7 heteroatoms. The van der Waals surface area contributed by atoms with Crippen LogP contribution in [-0.2, 0) is 14.2 Å². The Morgan fingerprint density at radius 2 is 1.93 bits per heavy atom. The van der Waals surface area contributed by atoms with Crippen LogP contribution in [-0.4, -0.2) is 102 Å². The molecule has 0 saturated carbocycles. The lowest BCUT2D eigenvalue weighted by Crippen LogP contribution is -2.53. The molecule has 2 saturated heterocycles. The molecule has 0 amide bonds. The summed E-state index contributed by atoms with van der Waals surface area (Å²) < 4.78 is 16.3. The molecule has 164 valence electrons. The Labute approximate surface area is 171 Å². The molecule has 0 aromatic carbocycles. The van der Waals surface area contributed by atoms with Crippen molar-refractivity contribution in [3.8, 4) is 0 Å². The number of methoxy groups -OCH3 is 1. The maximum atomic E-state index is 5.73. The molecule has 2 heterocycles. The minimum absolute atomic E-state index is 0.534. The number of hydrogen-bond acceptors (Lipinski definition) is 5. The summed E-state index contributed by atoms with van der Waals surface area (Å²) in [4.78, 5) is 9.56. The summed E-state index contributed by atoms with van der Waals surface area (Å²) in [6, 6.07) is 0.534. The van der Waals surface area contributed by atoms with E-state index in [1.807, 2.05) is 7.05 Å². The second-order valence-corrected chi connectivity index (χ2v) is 7.89. The third-order valence-corrected chi connectivity index (χ3v) is 6.16. The molecule has 2 aliphatic rings. The van der Waals surface area contributed by atoms with Crippen molar-refractivity contribution in [2.75, 3.05) is 79.9 Å². The van der Waals surface area contributed by atoms with Gasteiger partial charge in [0.05, 0.1) is 33.0 Å². The lowest BCUT2D eigenvalue weighted by molar-refractivity contribution is 0.00260. The van der Waals surface area contributed by atoms with E-state index < -0.39 is 0 Å². The summed E-state index contributed by atoms with van der Waals surface area (Å²) in [5.74, 6) is 2.30. The van der Waals surface area contributed by atoms with Crippen LogP contribution >= 0.6 is 0 Å². The Morgan fingerprint density at radius 1 is 1.18 bits per heavy atom. The topological polar surface area (TPSA) is 58.6 Å². The van der Waals surface area contributed by atoms with E-state index in [2.05, 4.69) is 34.0 Å². The molecular weight excluding hydrogens is 356 g/mol. The first-order valence-corrected chi connectivity index (χ1v) is 11.1. The number of ether oxygens (including phenoxy) is 3. The van der Waals surface area contributed by atoms with Crippen LogP contribution in [0.3, 0.4) is 0 Å². The van der Waals surface area contributed by atoms with Crippen molar-refractivity contribution in [1.82, 2.24) is 15.1 Å². The summed E-state index contributed by atoms with van der Waals surface area (Å²) in [6.45, 7) is 13.5. The van der Waals surface area contributed by atoms with Crippen molar-refractivity contribution in [3.63, 3.8) is 0 Å². The van der Waals surface area contributed by atoms with Gasteiger partial charge < -0.3 is 24.4 Å². The molecular formula is C21H42N4O3. The summed E-state index contributed by atoms with van der Waals surface area (Å²) >= 11 is 0. The maximum absolute atomic E-state index is 5.73. The number of likely N-dealkylation sites (tertiary alicyclic amines) is 1. The van der Waals surface area contributed by atoms with Crippen LogP contribution in [0.15, 0.2) is 4.99 Å². The summed E-state index contributed by atoms with van der Waals surface area (Å²) in [7, 11) is 3.60. The molecule has 0 radical (unpaired) electrons. The maximum Gasteiger partial charge on any atom is 0.193 e. The van der Waals surface area contributed by atoms with E-state index in [1.54, 1.807) is 7.11 Å². The van der Waals surface area contributed by atoms with Crippen molar-refractivity contribution >= 4 is 5.96 Å². The van der Waals surface area contributed by atoms with Crippen LogP contribution in [0.25, 0.3) is 0 Å². The van der Waals surface area contributed by atoms with Gasteiger partial charge in [0.25, 0.3) is 0 Å². The highest BCUT2D eigenvalue weighted by molar-refractivity contribution is 5.80. The molecule has 2 rings (SSSR count). The van der Waals surface area contributed by atoms with E-state index in [9.17, 15) is 0 Å². The predicted molar refractivity (Wildman–Crippen MR) is 114 cm³/mol. The van der Waals surface area contributed by atoms with Crippen molar-refractivity contribution in [2.45, 2.75) is 39.2 Å². The number of guanidine groups is 1. The minimum atomic E-state index is 0.534. The normalized spacial score (nSPS) is 22.8. The highest BCUT2D eigenvalue weighted by atomic mass is 16.5. The van der Waals surface area contributed by atoms with Crippen LogP contribution in [0, 0.1) is 11.8 Å². The van der Waals surface area contributed by atoms with Gasteiger partial charge >= 0.3 is 0 Å². The Morgan fingerprint density at radius 3 is 2.57 bits per heavy atom. The number of rotatable bonds is 11. The zero-order valence-electron chi connectivity index (χ0n) is 18.5. The van der Waals surface area contributed by atoms with Crippen LogP contribution in [0.1, 0.15) is 33.1 Å². The fraction of sp³-hybridized carbons (Fsp3) is 0.952. The zero-order valence-corrected chi connectivity index (χ0v) is 18.5. The molecule has 0 aliphatic carbocycles. The Bertz CT molecular complexity index is 439. The summed E-state index contributed by atoms with van der Waals surface area (Å²) in [5.41, 5.74) is 0. The van der Waals surface area contributed by atoms with Gasteiger partial charge in [-0.1, -0.05) is 26.7 Å². The van der Waals surface area contributed by atoms with Gasteiger partial charge in [0.2, 0.25) is 0 Å². The van der Waals surface area contributed by atoms with Gasteiger partial charge in [0.1, 0.15) is 0 Å². The SMILES string of the molecule is CCC(CC)C(CNC(=NC)N1CCC(COCCOC)C1)N1CCOCC1. The lowest BCUT2D eigenvalue weighted by atomic mass is 9.92. The fourth-order valence-electron chi connectivity index (χ4n) is 4.42. The molecule has 0 aromatic heterocycles. The molecule has 2 unspecified atom stereocenters. The van der Waals surface area contributed by atoms with Crippen molar-refractivity contribution in [3.05, 3.63) is 0 Å². The minimum Gasteiger partial charge on any atom is -0.382 e. The molecule has 7 nitrogen and oxygen atoms in total. The van der Waals surface area contributed by atoms with Crippen molar-refractivity contribution in [1.29, 1.82) is 0 Å². The third-order valence-electron chi connectivity index (χ3n) is 6.16. The van der Waals surface area contributed by atoms with Gasteiger partial charge in [0.15, 0.2) is 5.96 Å². The number of nitrogens with zero attached hydrogens (tertiary/aromatic N) is 3. The van der Waals surface area contributed by atoms with Crippen LogP contribution in [0.4, 0.5) is 0 Å². The molecule has 2 atom stereocenters. The average molecular weight is 399 g/mol. The van der Waals surface area contributed by atoms with E-state index in [1.165, 1.54) is 12.8 Å². The third kappa shape index (κ3) is 7.17. The first-order valence-electron chi connectivity index (χ1n) is 11.1. The first-order chi connectivity index (χ1) is 13.7. The molecule has 1 N–H and O–H groups in total. The van der Waals surface area contributed by atoms with Gasteiger partial charge in [-0.3, -0.25) is 9.89 Å². The highest BCUT2D eigenvalue weighted by Gasteiger charge is 2.29. The number of hydrogen-bond donors (Lipinski definition) is 1. The molecule has 0 bridgehead atoms. The van der Waals surface area contributed by atoms with Crippen LogP contribution < -0.4 is 5.32 Å². The van der Waals surface area contributed by atoms with Crippen molar-refractivity contribution in [2.24, 2.45) is 16.8 Å². The van der Waals surface area contributed by atoms with E-state index >= 15 is 0 Å². The van der Waals surface area contributed by atoms with Gasteiger partial charge in [-0.25, -0.2) is 0 Å². The van der Waals surface area contributed by atoms with Crippen LogP contribution in [0.5, 0.6) is 0 Å². The molecule has 2 aliphatic heterocycles. The van der Waals surface area contributed by atoms with E-state index in [0.717, 1.165) is 64.9 Å². The van der Waals surface area contributed by atoms with Crippen molar-refractivity contribution < 1.29 is 14.2 Å². The quantitative estimate of drug-likeness (QED) is 0.325. The van der Waals surface area contributed by atoms with Gasteiger partial charge in [0, 0.05) is 58.8 Å². The molecule has 0 aromatic rings. The summed E-state index contributed by atoms with van der Waals surface area (Å²) in [5, 5.41) is 3.69. The van der Waals surface area contributed by atoms with E-state index in [-0.39, 0.29) is 0 Å². The number of nitrogens with one attached hydrogen (secondary N) is 1.